The molecule has 2 rings (SSSR count). The topological polar surface area (TPSA) is 38.5 Å². The molecule has 118 valence electrons. The predicted octanol–water partition coefficient (Wildman–Crippen LogP) is 3.60. The van der Waals surface area contributed by atoms with Gasteiger partial charge in [-0.25, -0.2) is 0 Å². The molecule has 0 bridgehead atoms. The second kappa shape index (κ2) is 7.81. The largest absolute Gasteiger partial charge is 0.494 e. The Bertz CT molecular complexity index is 433. The maximum absolute atomic E-state index is 6.52. The van der Waals surface area contributed by atoms with E-state index < -0.39 is 0 Å². The van der Waals surface area contributed by atoms with Crippen LogP contribution in [0.1, 0.15) is 51.6 Å². The lowest BCUT2D eigenvalue weighted by atomic mass is 9.95. The maximum Gasteiger partial charge on any atom is 0.119 e. The van der Waals surface area contributed by atoms with Crippen molar-refractivity contribution >= 4 is 0 Å². The smallest absolute Gasteiger partial charge is 0.119 e. The first-order chi connectivity index (χ1) is 10.1. The minimum Gasteiger partial charge on any atom is -0.494 e. The van der Waals surface area contributed by atoms with Crippen molar-refractivity contribution in [3.8, 4) is 5.75 Å². The van der Waals surface area contributed by atoms with Gasteiger partial charge in [-0.2, -0.15) is 0 Å². The molecule has 0 amide bonds. The van der Waals surface area contributed by atoms with E-state index in [2.05, 4.69) is 36.9 Å². The highest BCUT2D eigenvalue weighted by Crippen LogP contribution is 2.31. The fourth-order valence-electron chi connectivity index (χ4n) is 3.35. The second-order valence-electron chi connectivity index (χ2n) is 6.50. The zero-order chi connectivity index (χ0) is 15.2. The molecule has 1 heterocycles. The molecule has 1 aromatic carbocycles. The third-order valence-electron chi connectivity index (χ3n) is 4.14. The number of hydrogen-bond donors (Lipinski definition) is 1. The second-order valence-corrected chi connectivity index (χ2v) is 6.50. The third kappa shape index (κ3) is 4.45. The van der Waals surface area contributed by atoms with Crippen molar-refractivity contribution in [3.63, 3.8) is 0 Å². The van der Waals surface area contributed by atoms with Crippen molar-refractivity contribution in [2.45, 2.75) is 52.1 Å². The van der Waals surface area contributed by atoms with Crippen LogP contribution < -0.4 is 10.5 Å². The van der Waals surface area contributed by atoms with E-state index in [0.717, 1.165) is 25.3 Å². The van der Waals surface area contributed by atoms with Crippen LogP contribution >= 0.6 is 0 Å². The van der Waals surface area contributed by atoms with Crippen LogP contribution in [0.4, 0.5) is 0 Å². The van der Waals surface area contributed by atoms with Gasteiger partial charge in [-0.3, -0.25) is 4.90 Å². The summed E-state index contributed by atoms with van der Waals surface area (Å²) in [5, 5.41) is 0. The summed E-state index contributed by atoms with van der Waals surface area (Å²) in [6.45, 7) is 9.55. The lowest BCUT2D eigenvalue weighted by Crippen LogP contribution is -2.41. The summed E-state index contributed by atoms with van der Waals surface area (Å²) < 4.78 is 5.66. The summed E-state index contributed by atoms with van der Waals surface area (Å²) in [6, 6.07) is 9.02. The summed E-state index contributed by atoms with van der Waals surface area (Å²) >= 11 is 0. The normalized spacial score (nSPS) is 24.0. The molecule has 0 aliphatic carbocycles. The zero-order valence-electron chi connectivity index (χ0n) is 13.7. The first-order valence-corrected chi connectivity index (χ1v) is 8.34. The van der Waals surface area contributed by atoms with E-state index in [9.17, 15) is 0 Å². The van der Waals surface area contributed by atoms with E-state index in [4.69, 9.17) is 10.5 Å². The standard InChI is InChI=1S/C18H30N2O/c1-4-21-16-9-7-8-15(12-16)18-17(19)10-5-6-11-20(18)13-14(2)3/h7-9,12,14,17-18H,4-6,10-11,13,19H2,1-3H3. The fraction of sp³-hybridized carbons (Fsp3) is 0.667. The Morgan fingerprint density at radius 3 is 2.86 bits per heavy atom. The predicted molar refractivity (Wildman–Crippen MR) is 88.6 cm³/mol. The van der Waals surface area contributed by atoms with Gasteiger partial charge in [-0.1, -0.05) is 32.4 Å². The molecule has 3 nitrogen and oxygen atoms in total. The highest BCUT2D eigenvalue weighted by molar-refractivity contribution is 5.31. The summed E-state index contributed by atoms with van der Waals surface area (Å²) in [5.41, 5.74) is 7.82. The summed E-state index contributed by atoms with van der Waals surface area (Å²) in [6.07, 6.45) is 3.59. The number of benzene rings is 1. The van der Waals surface area contributed by atoms with E-state index in [0.29, 0.717) is 18.6 Å². The van der Waals surface area contributed by atoms with Crippen LogP contribution in [0.3, 0.4) is 0 Å². The van der Waals surface area contributed by atoms with Gasteiger partial charge in [0.15, 0.2) is 0 Å². The lowest BCUT2D eigenvalue weighted by Gasteiger charge is -2.35. The molecule has 1 aliphatic rings. The molecule has 1 fully saturated rings. The van der Waals surface area contributed by atoms with Crippen LogP contribution in [-0.4, -0.2) is 30.6 Å². The van der Waals surface area contributed by atoms with Gasteiger partial charge in [-0.15, -0.1) is 0 Å². The molecule has 1 aliphatic heterocycles. The Balaban J connectivity index is 2.27. The van der Waals surface area contributed by atoms with Gasteiger partial charge < -0.3 is 10.5 Å². The molecular formula is C18H30N2O. The van der Waals surface area contributed by atoms with Crippen molar-refractivity contribution in [2.24, 2.45) is 11.7 Å². The van der Waals surface area contributed by atoms with E-state index >= 15 is 0 Å². The minimum atomic E-state index is 0.211. The molecule has 2 N–H and O–H groups in total. The number of likely N-dealkylation sites (tertiary alicyclic amines) is 1. The van der Waals surface area contributed by atoms with Gasteiger partial charge in [0.05, 0.1) is 12.6 Å². The first-order valence-electron chi connectivity index (χ1n) is 8.34. The van der Waals surface area contributed by atoms with Crippen LogP contribution in [0.15, 0.2) is 24.3 Å². The average molecular weight is 290 g/mol. The summed E-state index contributed by atoms with van der Waals surface area (Å²) in [5.74, 6) is 1.61. The molecule has 1 aromatic rings. The van der Waals surface area contributed by atoms with Crippen molar-refractivity contribution in [2.75, 3.05) is 19.7 Å². The number of nitrogens with two attached hydrogens (primary N) is 1. The van der Waals surface area contributed by atoms with Gasteiger partial charge in [0.2, 0.25) is 0 Å². The number of rotatable bonds is 5. The highest BCUT2D eigenvalue weighted by atomic mass is 16.5. The Kier molecular flexibility index (Phi) is 6.07. The van der Waals surface area contributed by atoms with Gasteiger partial charge in [0, 0.05) is 12.6 Å². The van der Waals surface area contributed by atoms with Gasteiger partial charge in [-0.05, 0) is 49.9 Å². The molecule has 2 atom stereocenters. The molecular weight excluding hydrogens is 260 g/mol. The molecule has 1 saturated heterocycles. The van der Waals surface area contributed by atoms with E-state index in [1.165, 1.54) is 18.4 Å². The van der Waals surface area contributed by atoms with E-state index in [1.54, 1.807) is 0 Å². The van der Waals surface area contributed by atoms with E-state index in [1.807, 2.05) is 13.0 Å². The van der Waals surface area contributed by atoms with Crippen LogP contribution in [0.25, 0.3) is 0 Å². The summed E-state index contributed by atoms with van der Waals surface area (Å²) in [4.78, 5) is 2.58. The van der Waals surface area contributed by atoms with Crippen LogP contribution in [0, 0.1) is 5.92 Å². The Labute approximate surface area is 129 Å². The highest BCUT2D eigenvalue weighted by Gasteiger charge is 2.29. The van der Waals surface area contributed by atoms with Crippen molar-refractivity contribution in [1.82, 2.24) is 4.90 Å². The van der Waals surface area contributed by atoms with Gasteiger partial charge in [0.25, 0.3) is 0 Å². The van der Waals surface area contributed by atoms with Crippen molar-refractivity contribution in [1.29, 1.82) is 0 Å². The Hall–Kier alpha value is -1.06. The van der Waals surface area contributed by atoms with E-state index in [-0.39, 0.29) is 6.04 Å². The van der Waals surface area contributed by atoms with Crippen LogP contribution in [0.2, 0.25) is 0 Å². The molecule has 21 heavy (non-hydrogen) atoms. The minimum absolute atomic E-state index is 0.211. The zero-order valence-corrected chi connectivity index (χ0v) is 13.7. The SMILES string of the molecule is CCOc1cccc(C2C(N)CCCCN2CC(C)C)c1. The average Bonchev–Trinajstić information content (AvgIpc) is 2.60. The van der Waals surface area contributed by atoms with Gasteiger partial charge >= 0.3 is 0 Å². The van der Waals surface area contributed by atoms with Gasteiger partial charge in [0.1, 0.15) is 5.75 Å². The molecule has 2 unspecified atom stereocenters. The monoisotopic (exact) mass is 290 g/mol. The third-order valence-corrected chi connectivity index (χ3v) is 4.14. The fourth-order valence-corrected chi connectivity index (χ4v) is 3.35. The molecule has 0 radical (unpaired) electrons. The van der Waals surface area contributed by atoms with Crippen molar-refractivity contribution in [3.05, 3.63) is 29.8 Å². The van der Waals surface area contributed by atoms with Crippen LogP contribution in [-0.2, 0) is 0 Å². The number of ether oxygens (including phenoxy) is 1. The quantitative estimate of drug-likeness (QED) is 0.900. The maximum atomic E-state index is 6.52. The molecule has 3 heteroatoms. The number of nitrogens with zero attached hydrogens (tertiary/aromatic N) is 1. The Morgan fingerprint density at radius 2 is 2.14 bits per heavy atom. The lowest BCUT2D eigenvalue weighted by molar-refractivity contribution is 0.165. The molecule has 0 spiro atoms. The van der Waals surface area contributed by atoms with Crippen molar-refractivity contribution < 1.29 is 4.74 Å². The molecule has 0 saturated carbocycles. The van der Waals surface area contributed by atoms with Crippen LogP contribution in [0.5, 0.6) is 5.75 Å². The summed E-state index contributed by atoms with van der Waals surface area (Å²) in [7, 11) is 0. The molecule has 0 aromatic heterocycles. The Morgan fingerprint density at radius 1 is 1.33 bits per heavy atom. The first kappa shape index (κ1) is 16.3. The number of hydrogen-bond acceptors (Lipinski definition) is 3.